The van der Waals surface area contributed by atoms with Gasteiger partial charge in [0, 0.05) is 34.9 Å². The molecule has 0 aromatic heterocycles. The third kappa shape index (κ3) is 8.60. The molecule has 0 amide bonds. The zero-order valence-corrected chi connectivity index (χ0v) is 25.8. The molecular formula is C30H27BrClFN2O6S. The average Bonchev–Trinajstić information content (AvgIpc) is 2.91. The van der Waals surface area contributed by atoms with Crippen LogP contribution in [0.5, 0.6) is 17.2 Å². The maximum atomic E-state index is 14.9. The van der Waals surface area contributed by atoms with Crippen LogP contribution in [0.3, 0.4) is 0 Å². The summed E-state index contributed by atoms with van der Waals surface area (Å²) in [6.45, 7) is 1.88. The number of nitrogens with zero attached hydrogens (tertiary/aromatic N) is 1. The van der Waals surface area contributed by atoms with Gasteiger partial charge in [-0.1, -0.05) is 51.8 Å². The van der Waals surface area contributed by atoms with Crippen molar-refractivity contribution in [3.05, 3.63) is 111 Å². The van der Waals surface area contributed by atoms with Gasteiger partial charge in [0.25, 0.3) is 0 Å². The molecule has 12 heteroatoms. The molecule has 0 atom stereocenters. The van der Waals surface area contributed by atoms with Gasteiger partial charge in [-0.05, 0) is 66.6 Å². The van der Waals surface area contributed by atoms with Gasteiger partial charge in [-0.25, -0.2) is 17.6 Å². The summed E-state index contributed by atoms with van der Waals surface area (Å²) in [5, 5.41) is 9.12. The number of hydrogen-bond donors (Lipinski definition) is 2. The van der Waals surface area contributed by atoms with E-state index in [0.717, 1.165) is 17.5 Å². The lowest BCUT2D eigenvalue weighted by atomic mass is 10.1. The molecule has 0 saturated carbocycles. The highest BCUT2D eigenvalue weighted by molar-refractivity contribution is 9.10. The Morgan fingerprint density at radius 1 is 1.02 bits per heavy atom. The molecule has 42 heavy (non-hydrogen) atoms. The van der Waals surface area contributed by atoms with Crippen LogP contribution < -0.4 is 19.1 Å². The fourth-order valence-corrected chi connectivity index (χ4v) is 5.30. The zero-order chi connectivity index (χ0) is 30.4. The van der Waals surface area contributed by atoms with Crippen molar-refractivity contribution in [1.82, 2.24) is 0 Å². The lowest BCUT2D eigenvalue weighted by Gasteiger charge is -2.28. The second-order valence-corrected chi connectivity index (χ2v) is 12.5. The highest BCUT2D eigenvalue weighted by Crippen LogP contribution is 2.33. The number of aliphatic carboxylic acids is 1. The van der Waals surface area contributed by atoms with E-state index in [-0.39, 0.29) is 23.1 Å². The van der Waals surface area contributed by atoms with Crippen molar-refractivity contribution in [2.45, 2.75) is 20.0 Å². The molecule has 4 aromatic carbocycles. The number of ether oxygens (including phenoxy) is 2. The Morgan fingerprint density at radius 2 is 1.74 bits per heavy atom. The van der Waals surface area contributed by atoms with Crippen LogP contribution in [0.25, 0.3) is 0 Å². The van der Waals surface area contributed by atoms with E-state index in [0.29, 0.717) is 39.3 Å². The van der Waals surface area contributed by atoms with E-state index >= 15 is 0 Å². The average molecular weight is 678 g/mol. The topological polar surface area (TPSA) is 105 Å². The number of carboxylic acid groups (broad SMARTS) is 1. The van der Waals surface area contributed by atoms with Crippen molar-refractivity contribution < 1.29 is 32.2 Å². The predicted octanol–water partition coefficient (Wildman–Crippen LogP) is 7.38. The molecule has 8 nitrogen and oxygen atoms in total. The van der Waals surface area contributed by atoms with Crippen molar-refractivity contribution >= 4 is 54.9 Å². The van der Waals surface area contributed by atoms with E-state index in [1.807, 2.05) is 30.0 Å². The summed E-state index contributed by atoms with van der Waals surface area (Å²) in [6.07, 6.45) is 1.09. The van der Waals surface area contributed by atoms with Crippen LogP contribution in [-0.2, 0) is 27.9 Å². The first-order chi connectivity index (χ1) is 19.9. The summed E-state index contributed by atoms with van der Waals surface area (Å²) >= 11 is 9.39. The van der Waals surface area contributed by atoms with Gasteiger partial charge in [0.15, 0.2) is 6.61 Å². The minimum Gasteiger partial charge on any atom is -0.480 e. The number of carboxylic acids is 1. The molecule has 0 saturated heterocycles. The number of carbonyl (C=O) groups is 1. The van der Waals surface area contributed by atoms with Crippen LogP contribution >= 0.6 is 27.5 Å². The Balaban J connectivity index is 1.59. The van der Waals surface area contributed by atoms with Gasteiger partial charge in [0.2, 0.25) is 10.0 Å². The fourth-order valence-electron chi connectivity index (χ4n) is 4.17. The van der Waals surface area contributed by atoms with Crippen molar-refractivity contribution in [2.75, 3.05) is 22.5 Å². The summed E-state index contributed by atoms with van der Waals surface area (Å²) in [7, 11) is -3.50. The molecule has 220 valence electrons. The maximum absolute atomic E-state index is 14.9. The van der Waals surface area contributed by atoms with Gasteiger partial charge in [-0.2, -0.15) is 0 Å². The first-order valence-corrected chi connectivity index (χ1v) is 15.6. The summed E-state index contributed by atoms with van der Waals surface area (Å²) in [6, 6.07) is 22.1. The highest BCUT2D eigenvalue weighted by atomic mass is 79.9. The standard InChI is InChI=1S/C30H27BrClFN2O6S/c1-19-27(34-42(2,38)39)4-3-5-28(19)35(17-21-8-9-22(31)14-26(21)33)16-20-6-10-23(11-7-20)41-24-12-13-25(32)29(15-24)40-18-30(36)37/h3-15,34H,16-18H2,1-2H3,(H,36,37). The fraction of sp³-hybridized carbons (Fsp3) is 0.167. The first kappa shape index (κ1) is 31.1. The van der Waals surface area contributed by atoms with Crippen molar-refractivity contribution in [2.24, 2.45) is 0 Å². The number of anilines is 2. The second-order valence-electron chi connectivity index (χ2n) is 9.44. The molecule has 0 unspecified atom stereocenters. The van der Waals surface area contributed by atoms with Gasteiger partial charge >= 0.3 is 5.97 Å². The zero-order valence-electron chi connectivity index (χ0n) is 22.6. The largest absolute Gasteiger partial charge is 0.480 e. The third-order valence-corrected chi connectivity index (χ3v) is 7.50. The van der Waals surface area contributed by atoms with Gasteiger partial charge in [0.1, 0.15) is 23.1 Å². The monoisotopic (exact) mass is 676 g/mol. The smallest absolute Gasteiger partial charge is 0.341 e. The maximum Gasteiger partial charge on any atom is 0.341 e. The number of benzene rings is 4. The molecule has 4 aromatic rings. The molecular weight excluding hydrogens is 651 g/mol. The number of hydrogen-bond acceptors (Lipinski definition) is 6. The summed E-state index contributed by atoms with van der Waals surface area (Å²) in [5.74, 6) is -0.377. The van der Waals surface area contributed by atoms with E-state index in [4.69, 9.17) is 26.2 Å². The van der Waals surface area contributed by atoms with Crippen LogP contribution in [0.1, 0.15) is 16.7 Å². The summed E-state index contributed by atoms with van der Waals surface area (Å²) in [5.41, 5.74) is 3.24. The van der Waals surface area contributed by atoms with Crippen molar-refractivity contribution in [3.63, 3.8) is 0 Å². The molecule has 0 aliphatic heterocycles. The Bertz CT molecular complexity index is 1700. The number of halogens is 3. The Kier molecular flexibility index (Phi) is 9.97. The molecule has 0 heterocycles. The lowest BCUT2D eigenvalue weighted by molar-refractivity contribution is -0.139. The highest BCUT2D eigenvalue weighted by Gasteiger charge is 2.17. The van der Waals surface area contributed by atoms with Gasteiger partial charge in [0.05, 0.1) is 17.0 Å². The van der Waals surface area contributed by atoms with E-state index < -0.39 is 22.6 Å². The number of rotatable bonds is 12. The Morgan fingerprint density at radius 3 is 2.40 bits per heavy atom. The van der Waals surface area contributed by atoms with E-state index in [2.05, 4.69) is 20.7 Å². The minimum absolute atomic E-state index is 0.187. The molecule has 0 fully saturated rings. The quantitative estimate of drug-likeness (QED) is 0.161. The molecule has 0 spiro atoms. The second kappa shape index (κ2) is 13.5. The number of nitrogens with one attached hydrogen (secondary N) is 1. The van der Waals surface area contributed by atoms with Gasteiger partial charge in [-0.15, -0.1) is 0 Å². The van der Waals surface area contributed by atoms with Gasteiger partial charge < -0.3 is 19.5 Å². The van der Waals surface area contributed by atoms with Crippen LogP contribution in [0.15, 0.2) is 83.3 Å². The van der Waals surface area contributed by atoms with Crippen LogP contribution in [0.4, 0.5) is 15.8 Å². The molecule has 0 bridgehead atoms. The first-order valence-electron chi connectivity index (χ1n) is 12.5. The molecule has 4 rings (SSSR count). The minimum atomic E-state index is -3.50. The van der Waals surface area contributed by atoms with Crippen LogP contribution in [0.2, 0.25) is 5.02 Å². The van der Waals surface area contributed by atoms with E-state index in [1.54, 1.807) is 48.5 Å². The number of sulfonamides is 1. The summed E-state index contributed by atoms with van der Waals surface area (Å²) < 4.78 is 53.0. The van der Waals surface area contributed by atoms with Crippen LogP contribution in [-0.4, -0.2) is 32.4 Å². The van der Waals surface area contributed by atoms with Crippen molar-refractivity contribution in [1.29, 1.82) is 0 Å². The van der Waals surface area contributed by atoms with Gasteiger partial charge in [-0.3, -0.25) is 4.72 Å². The third-order valence-electron chi connectivity index (χ3n) is 6.10. The van der Waals surface area contributed by atoms with E-state index in [9.17, 15) is 17.6 Å². The molecule has 0 radical (unpaired) electrons. The van der Waals surface area contributed by atoms with E-state index in [1.165, 1.54) is 12.1 Å². The molecule has 2 N–H and O–H groups in total. The van der Waals surface area contributed by atoms with Crippen molar-refractivity contribution in [3.8, 4) is 17.2 Å². The molecule has 0 aliphatic carbocycles. The SMILES string of the molecule is Cc1c(NS(C)(=O)=O)cccc1N(Cc1ccc(Oc2ccc(Cl)c(OCC(=O)O)c2)cc1)Cc1ccc(Br)cc1F. The molecule has 0 aliphatic rings. The normalized spacial score (nSPS) is 11.2. The summed E-state index contributed by atoms with van der Waals surface area (Å²) in [4.78, 5) is 12.8. The Labute approximate surface area is 256 Å². The predicted molar refractivity (Wildman–Crippen MR) is 165 cm³/mol. The lowest BCUT2D eigenvalue weighted by Crippen LogP contribution is -2.24. The Hall–Kier alpha value is -3.80. The van der Waals surface area contributed by atoms with Crippen LogP contribution in [0, 0.1) is 12.7 Å².